The minimum Gasteiger partial charge on any atom is -0.299 e. The van der Waals surface area contributed by atoms with E-state index in [1.54, 1.807) is 4.68 Å². The van der Waals surface area contributed by atoms with Gasteiger partial charge in [0.05, 0.1) is 12.6 Å². The quantitative estimate of drug-likeness (QED) is 0.732. The lowest BCUT2D eigenvalue weighted by Crippen LogP contribution is -2.51. The van der Waals surface area contributed by atoms with Gasteiger partial charge in [-0.3, -0.25) is 19.8 Å². The van der Waals surface area contributed by atoms with Gasteiger partial charge in [-0.25, -0.2) is 9.67 Å². The molecule has 1 saturated heterocycles. The molecule has 1 aliphatic rings. The molecule has 0 radical (unpaired) electrons. The molecular weight excluding hydrogens is 234 g/mol. The van der Waals surface area contributed by atoms with Crippen LogP contribution in [0.2, 0.25) is 0 Å². The highest BCUT2D eigenvalue weighted by molar-refractivity contribution is 6.00. The number of imide groups is 1. The highest BCUT2D eigenvalue weighted by Crippen LogP contribution is 2.11. The lowest BCUT2D eigenvalue weighted by molar-refractivity contribution is -0.148. The van der Waals surface area contributed by atoms with Crippen LogP contribution in [0, 0.1) is 0 Å². The summed E-state index contributed by atoms with van der Waals surface area (Å²) >= 11 is 0. The number of likely N-dealkylation sites (N-methyl/N-ethyl adjacent to an activating group) is 1. The maximum Gasteiger partial charge on any atom is 0.246 e. The van der Waals surface area contributed by atoms with Crippen molar-refractivity contribution in [3.05, 3.63) is 12.2 Å². The summed E-state index contributed by atoms with van der Waals surface area (Å²) in [5.41, 5.74) is 0. The average molecular weight is 251 g/mol. The fourth-order valence-corrected chi connectivity index (χ4v) is 2.01. The first-order valence-corrected chi connectivity index (χ1v) is 6.04. The standard InChI is InChI=1S/C11H17N5O2/c1-3-16-9(13-7-14-16)6-12-8-4-5-10(17)15(2)11(8)18/h7-8,12H,3-6H2,1-2H3. The molecule has 0 bridgehead atoms. The smallest absolute Gasteiger partial charge is 0.246 e. The van der Waals surface area contributed by atoms with Gasteiger partial charge in [-0.2, -0.15) is 5.10 Å². The first kappa shape index (κ1) is 12.7. The number of aromatic nitrogens is 3. The second-order valence-corrected chi connectivity index (χ2v) is 4.26. The van der Waals surface area contributed by atoms with E-state index in [-0.39, 0.29) is 17.9 Å². The van der Waals surface area contributed by atoms with Gasteiger partial charge < -0.3 is 0 Å². The lowest BCUT2D eigenvalue weighted by Gasteiger charge is -2.28. The number of nitrogens with zero attached hydrogens (tertiary/aromatic N) is 4. The lowest BCUT2D eigenvalue weighted by atomic mass is 10.0. The molecule has 1 aromatic heterocycles. The van der Waals surface area contributed by atoms with Crippen molar-refractivity contribution in [3.8, 4) is 0 Å². The molecule has 98 valence electrons. The van der Waals surface area contributed by atoms with Crippen LogP contribution < -0.4 is 5.32 Å². The molecule has 0 aromatic carbocycles. The average Bonchev–Trinajstić information content (AvgIpc) is 2.82. The molecular formula is C11H17N5O2. The Morgan fingerprint density at radius 2 is 2.28 bits per heavy atom. The van der Waals surface area contributed by atoms with Crippen molar-refractivity contribution in [3.63, 3.8) is 0 Å². The fraction of sp³-hybridized carbons (Fsp3) is 0.636. The van der Waals surface area contributed by atoms with E-state index in [1.807, 2.05) is 6.92 Å². The van der Waals surface area contributed by atoms with Crippen molar-refractivity contribution < 1.29 is 9.59 Å². The van der Waals surface area contributed by atoms with Gasteiger partial charge in [0.2, 0.25) is 11.8 Å². The molecule has 1 aromatic rings. The van der Waals surface area contributed by atoms with Crippen LogP contribution in [0.4, 0.5) is 0 Å². The van der Waals surface area contributed by atoms with Gasteiger partial charge >= 0.3 is 0 Å². The van der Waals surface area contributed by atoms with E-state index in [1.165, 1.54) is 18.3 Å². The molecule has 1 aliphatic heterocycles. The Hall–Kier alpha value is -1.76. The highest BCUT2D eigenvalue weighted by atomic mass is 16.2. The van der Waals surface area contributed by atoms with Crippen molar-refractivity contribution in [2.45, 2.75) is 38.9 Å². The number of carbonyl (C=O) groups is 2. The molecule has 0 spiro atoms. The summed E-state index contributed by atoms with van der Waals surface area (Å²) < 4.78 is 1.77. The van der Waals surface area contributed by atoms with Gasteiger partial charge in [0.25, 0.3) is 0 Å². The normalized spacial score (nSPS) is 20.6. The van der Waals surface area contributed by atoms with E-state index in [0.29, 0.717) is 19.4 Å². The summed E-state index contributed by atoms with van der Waals surface area (Å²) in [6.07, 6.45) is 2.45. The van der Waals surface area contributed by atoms with Crippen molar-refractivity contribution in [1.82, 2.24) is 25.0 Å². The summed E-state index contributed by atoms with van der Waals surface area (Å²) in [6, 6.07) is -0.310. The molecule has 18 heavy (non-hydrogen) atoms. The molecule has 1 atom stereocenters. The number of aryl methyl sites for hydroxylation is 1. The van der Waals surface area contributed by atoms with Crippen LogP contribution in [0.25, 0.3) is 0 Å². The van der Waals surface area contributed by atoms with Gasteiger partial charge in [-0.1, -0.05) is 0 Å². The zero-order chi connectivity index (χ0) is 13.1. The molecule has 7 heteroatoms. The number of piperidine rings is 1. The van der Waals surface area contributed by atoms with Gasteiger partial charge in [0, 0.05) is 20.0 Å². The van der Waals surface area contributed by atoms with Gasteiger partial charge in [0.15, 0.2) is 0 Å². The van der Waals surface area contributed by atoms with E-state index in [9.17, 15) is 9.59 Å². The van der Waals surface area contributed by atoms with Crippen molar-refractivity contribution in [2.75, 3.05) is 7.05 Å². The molecule has 1 N–H and O–H groups in total. The van der Waals surface area contributed by atoms with Crippen LogP contribution in [0.15, 0.2) is 6.33 Å². The topological polar surface area (TPSA) is 80.1 Å². The zero-order valence-electron chi connectivity index (χ0n) is 10.6. The van der Waals surface area contributed by atoms with E-state index in [0.717, 1.165) is 12.4 Å². The maximum absolute atomic E-state index is 11.8. The summed E-state index contributed by atoms with van der Waals surface area (Å²) in [6.45, 7) is 3.21. The number of hydrogen-bond acceptors (Lipinski definition) is 5. The summed E-state index contributed by atoms with van der Waals surface area (Å²) in [4.78, 5) is 28.5. The Balaban J connectivity index is 1.94. The number of likely N-dealkylation sites (tertiary alicyclic amines) is 1. The molecule has 0 aliphatic carbocycles. The summed E-state index contributed by atoms with van der Waals surface area (Å²) in [7, 11) is 1.52. The molecule has 7 nitrogen and oxygen atoms in total. The van der Waals surface area contributed by atoms with E-state index in [2.05, 4.69) is 15.4 Å². The molecule has 1 unspecified atom stereocenters. The first-order valence-electron chi connectivity index (χ1n) is 6.04. The maximum atomic E-state index is 11.8. The zero-order valence-corrected chi connectivity index (χ0v) is 10.6. The Morgan fingerprint density at radius 1 is 1.50 bits per heavy atom. The highest BCUT2D eigenvalue weighted by Gasteiger charge is 2.31. The third kappa shape index (κ3) is 2.40. The molecule has 2 amide bonds. The van der Waals surface area contributed by atoms with Gasteiger partial charge in [-0.15, -0.1) is 0 Å². The molecule has 2 heterocycles. The third-order valence-corrected chi connectivity index (χ3v) is 3.15. The number of amides is 2. The van der Waals surface area contributed by atoms with Crippen LogP contribution in [0.5, 0.6) is 0 Å². The van der Waals surface area contributed by atoms with Crippen LogP contribution >= 0.6 is 0 Å². The number of rotatable bonds is 4. The summed E-state index contributed by atoms with van der Waals surface area (Å²) in [5, 5.41) is 7.19. The largest absolute Gasteiger partial charge is 0.299 e. The van der Waals surface area contributed by atoms with Gasteiger partial charge in [-0.05, 0) is 13.3 Å². The Morgan fingerprint density at radius 3 is 3.00 bits per heavy atom. The Kier molecular flexibility index (Phi) is 3.71. The van der Waals surface area contributed by atoms with Crippen molar-refractivity contribution in [1.29, 1.82) is 0 Å². The molecule has 1 fully saturated rings. The van der Waals surface area contributed by atoms with Crippen molar-refractivity contribution in [2.24, 2.45) is 0 Å². The SMILES string of the molecule is CCn1ncnc1CNC1CCC(=O)N(C)C1=O. The summed E-state index contributed by atoms with van der Waals surface area (Å²) in [5.74, 6) is 0.508. The van der Waals surface area contributed by atoms with E-state index >= 15 is 0 Å². The van der Waals surface area contributed by atoms with Crippen molar-refractivity contribution >= 4 is 11.8 Å². The number of carbonyl (C=O) groups excluding carboxylic acids is 2. The fourth-order valence-electron chi connectivity index (χ4n) is 2.01. The number of hydrogen-bond donors (Lipinski definition) is 1. The van der Waals surface area contributed by atoms with Crippen LogP contribution in [0.3, 0.4) is 0 Å². The molecule has 2 rings (SSSR count). The second kappa shape index (κ2) is 5.26. The van der Waals surface area contributed by atoms with Crippen LogP contribution in [0.1, 0.15) is 25.6 Å². The second-order valence-electron chi connectivity index (χ2n) is 4.26. The first-order chi connectivity index (χ1) is 8.63. The predicted octanol–water partition coefficient (Wildman–Crippen LogP) is -0.465. The third-order valence-electron chi connectivity index (χ3n) is 3.15. The monoisotopic (exact) mass is 251 g/mol. The van der Waals surface area contributed by atoms with Crippen LogP contribution in [-0.2, 0) is 22.7 Å². The minimum absolute atomic E-state index is 0.116. The Labute approximate surface area is 105 Å². The number of nitrogens with one attached hydrogen (secondary N) is 1. The Bertz CT molecular complexity index is 456. The minimum atomic E-state index is -0.310. The van der Waals surface area contributed by atoms with Crippen LogP contribution in [-0.4, -0.2) is 44.6 Å². The predicted molar refractivity (Wildman–Crippen MR) is 63.3 cm³/mol. The van der Waals surface area contributed by atoms with E-state index in [4.69, 9.17) is 0 Å². The van der Waals surface area contributed by atoms with E-state index < -0.39 is 0 Å². The van der Waals surface area contributed by atoms with Gasteiger partial charge in [0.1, 0.15) is 12.2 Å². The molecule has 0 saturated carbocycles.